The Morgan fingerprint density at radius 2 is 2.29 bits per heavy atom. The van der Waals surface area contributed by atoms with Gasteiger partial charge >= 0.3 is 6.03 Å². The summed E-state index contributed by atoms with van der Waals surface area (Å²) in [6.45, 7) is 7.30. The van der Waals surface area contributed by atoms with Crippen molar-refractivity contribution in [2.45, 2.75) is 57.5 Å². The number of hydroxylamine groups is 2. The molecule has 2 fully saturated rings. The maximum atomic E-state index is 12.0. The normalized spacial score (nSPS) is 23.0. The number of nitrogens with one attached hydrogen (secondary N) is 1. The number of amides is 2. The molecule has 2 aliphatic heterocycles. The molecule has 24 heavy (non-hydrogen) atoms. The summed E-state index contributed by atoms with van der Waals surface area (Å²) in [6.07, 6.45) is 5.73. The van der Waals surface area contributed by atoms with E-state index in [0.29, 0.717) is 6.54 Å². The summed E-state index contributed by atoms with van der Waals surface area (Å²) in [6, 6.07) is 1.48. The monoisotopic (exact) mass is 334 g/mol. The van der Waals surface area contributed by atoms with Crippen molar-refractivity contribution in [2.24, 2.45) is 0 Å². The van der Waals surface area contributed by atoms with Crippen LogP contribution in [-0.2, 0) is 6.42 Å². The Morgan fingerprint density at radius 1 is 1.46 bits per heavy atom. The number of fused-ring (bicyclic) bond motifs is 2. The van der Waals surface area contributed by atoms with Crippen LogP contribution in [0, 0.1) is 0 Å². The van der Waals surface area contributed by atoms with Gasteiger partial charge in [0.05, 0.1) is 12.1 Å². The highest BCUT2D eigenvalue weighted by Crippen LogP contribution is 2.37. The molecular weight excluding hydrogens is 308 g/mol. The molecule has 0 unspecified atom stereocenters. The second kappa shape index (κ2) is 7.25. The van der Waals surface area contributed by atoms with Crippen LogP contribution >= 0.6 is 0 Å². The van der Waals surface area contributed by atoms with Crippen molar-refractivity contribution in [3.63, 3.8) is 0 Å². The summed E-state index contributed by atoms with van der Waals surface area (Å²) in [5, 5.41) is 18.0. The van der Waals surface area contributed by atoms with E-state index in [2.05, 4.69) is 17.1 Å². The molecule has 0 aromatic carbocycles. The topological polar surface area (TPSA) is 81.8 Å². The standard InChI is InChI=1S/C17H26N4O3/c1-12(2)18-9-5-3-4-6-14-10-15(19-24-14)16-8-7-13-11-20(16)17(22)21(13)23/h10,13,16,18,23H,1,3-9,11H2,2H3/t13-,16+/m1/s1. The lowest BCUT2D eigenvalue weighted by Crippen LogP contribution is -2.34. The highest BCUT2D eigenvalue weighted by Gasteiger charge is 2.45. The fourth-order valence-electron chi connectivity index (χ4n) is 3.46. The van der Waals surface area contributed by atoms with Crippen LogP contribution in [0.15, 0.2) is 22.9 Å². The summed E-state index contributed by atoms with van der Waals surface area (Å²) in [4.78, 5) is 13.7. The molecular formula is C17H26N4O3. The fraction of sp³-hybridized carbons (Fsp3) is 0.647. The zero-order valence-electron chi connectivity index (χ0n) is 14.2. The lowest BCUT2D eigenvalue weighted by molar-refractivity contribution is -0.0584. The molecule has 1 aromatic heterocycles. The van der Waals surface area contributed by atoms with Crippen LogP contribution in [0.2, 0.25) is 0 Å². The summed E-state index contributed by atoms with van der Waals surface area (Å²) in [7, 11) is 0. The van der Waals surface area contributed by atoms with Gasteiger partial charge in [-0.1, -0.05) is 18.2 Å². The van der Waals surface area contributed by atoms with E-state index in [4.69, 9.17) is 4.52 Å². The lowest BCUT2D eigenvalue weighted by atomic mass is 9.98. The van der Waals surface area contributed by atoms with E-state index in [0.717, 1.165) is 67.3 Å². The third kappa shape index (κ3) is 3.56. The first-order valence-corrected chi connectivity index (χ1v) is 8.70. The van der Waals surface area contributed by atoms with E-state index in [1.54, 1.807) is 4.90 Å². The van der Waals surface area contributed by atoms with Crippen LogP contribution in [-0.4, -0.2) is 45.5 Å². The number of nitrogens with zero attached hydrogens (tertiary/aromatic N) is 3. The van der Waals surface area contributed by atoms with E-state index in [9.17, 15) is 10.0 Å². The number of aromatic nitrogens is 1. The Bertz CT molecular complexity index is 600. The minimum Gasteiger partial charge on any atom is -0.389 e. The summed E-state index contributed by atoms with van der Waals surface area (Å²) in [5.41, 5.74) is 1.80. The van der Waals surface area contributed by atoms with Gasteiger partial charge in [0.15, 0.2) is 0 Å². The summed E-state index contributed by atoms with van der Waals surface area (Å²) < 4.78 is 5.44. The number of allylic oxidation sites excluding steroid dienone is 1. The average Bonchev–Trinajstić information content (AvgIpc) is 3.11. The molecule has 2 atom stereocenters. The minimum atomic E-state index is -0.322. The number of hydrogen-bond donors (Lipinski definition) is 2. The summed E-state index contributed by atoms with van der Waals surface area (Å²) in [5.74, 6) is 0.868. The molecule has 0 radical (unpaired) electrons. The van der Waals surface area contributed by atoms with Crippen molar-refractivity contribution in [3.8, 4) is 0 Å². The highest BCUT2D eigenvalue weighted by molar-refractivity contribution is 5.76. The maximum Gasteiger partial charge on any atom is 0.344 e. The second-order valence-electron chi connectivity index (χ2n) is 6.76. The van der Waals surface area contributed by atoms with E-state index in [1.807, 2.05) is 13.0 Å². The number of unbranched alkanes of at least 4 members (excludes halogenated alkanes) is 2. The third-order valence-corrected chi connectivity index (χ3v) is 4.79. The van der Waals surface area contributed by atoms with Crippen LogP contribution in [0.5, 0.6) is 0 Å². The smallest absolute Gasteiger partial charge is 0.344 e. The molecule has 2 N–H and O–H groups in total. The van der Waals surface area contributed by atoms with Gasteiger partial charge in [-0.25, -0.2) is 9.86 Å². The molecule has 3 rings (SSSR count). The van der Waals surface area contributed by atoms with Crippen molar-refractivity contribution in [1.82, 2.24) is 20.4 Å². The number of rotatable bonds is 8. The Balaban J connectivity index is 1.47. The van der Waals surface area contributed by atoms with Gasteiger partial charge in [-0.3, -0.25) is 5.21 Å². The Morgan fingerprint density at radius 3 is 3.08 bits per heavy atom. The first kappa shape index (κ1) is 16.8. The molecule has 7 nitrogen and oxygen atoms in total. The molecule has 0 saturated carbocycles. The van der Waals surface area contributed by atoms with E-state index < -0.39 is 0 Å². The molecule has 2 bridgehead atoms. The molecule has 132 valence electrons. The molecule has 7 heteroatoms. The number of hydrogen-bond acceptors (Lipinski definition) is 5. The predicted octanol–water partition coefficient (Wildman–Crippen LogP) is 2.84. The molecule has 2 aliphatic rings. The van der Waals surface area contributed by atoms with Crippen LogP contribution in [0.1, 0.15) is 56.5 Å². The van der Waals surface area contributed by atoms with Gasteiger partial charge in [0.25, 0.3) is 0 Å². The van der Waals surface area contributed by atoms with E-state index in [1.165, 1.54) is 0 Å². The van der Waals surface area contributed by atoms with Gasteiger partial charge in [-0.05, 0) is 32.6 Å². The van der Waals surface area contributed by atoms with Gasteiger partial charge < -0.3 is 14.7 Å². The first-order valence-electron chi connectivity index (χ1n) is 8.70. The first-order chi connectivity index (χ1) is 11.6. The molecule has 3 heterocycles. The molecule has 1 aromatic rings. The van der Waals surface area contributed by atoms with Gasteiger partial charge in [0.2, 0.25) is 0 Å². The van der Waals surface area contributed by atoms with Crippen molar-refractivity contribution in [1.29, 1.82) is 0 Å². The number of aryl methyl sites for hydroxylation is 1. The van der Waals surface area contributed by atoms with Crippen molar-refractivity contribution in [2.75, 3.05) is 13.1 Å². The zero-order valence-corrected chi connectivity index (χ0v) is 14.2. The predicted molar refractivity (Wildman–Crippen MR) is 88.4 cm³/mol. The molecule has 2 amide bonds. The zero-order chi connectivity index (χ0) is 17.1. The summed E-state index contributed by atoms with van der Waals surface area (Å²) >= 11 is 0. The number of carbonyl (C=O) groups excluding carboxylic acids is 1. The Kier molecular flexibility index (Phi) is 5.08. The van der Waals surface area contributed by atoms with Crippen LogP contribution in [0.4, 0.5) is 4.79 Å². The molecule has 2 saturated heterocycles. The SMILES string of the molecule is C=C(C)NCCCCCc1cc([C@@H]2CC[C@@H]3CN2C(=O)N3O)no1. The number of piperidine rings is 1. The second-order valence-corrected chi connectivity index (χ2v) is 6.76. The molecule has 0 spiro atoms. The van der Waals surface area contributed by atoms with E-state index >= 15 is 0 Å². The molecule has 0 aliphatic carbocycles. The average molecular weight is 334 g/mol. The Labute approximate surface area is 142 Å². The third-order valence-electron chi connectivity index (χ3n) is 4.79. The fourth-order valence-corrected chi connectivity index (χ4v) is 3.46. The van der Waals surface area contributed by atoms with Gasteiger partial charge in [-0.15, -0.1) is 0 Å². The minimum absolute atomic E-state index is 0.0760. The quantitative estimate of drug-likeness (QED) is 0.564. The van der Waals surface area contributed by atoms with Crippen molar-refractivity contribution < 1.29 is 14.5 Å². The number of urea groups is 1. The lowest BCUT2D eigenvalue weighted by Gasteiger charge is -2.28. The van der Waals surface area contributed by atoms with Crippen LogP contribution in [0.25, 0.3) is 0 Å². The number of carbonyl (C=O) groups is 1. The maximum absolute atomic E-state index is 12.0. The van der Waals surface area contributed by atoms with Gasteiger partial charge in [0.1, 0.15) is 11.5 Å². The van der Waals surface area contributed by atoms with Crippen molar-refractivity contribution in [3.05, 3.63) is 29.8 Å². The van der Waals surface area contributed by atoms with Crippen LogP contribution < -0.4 is 5.32 Å². The van der Waals surface area contributed by atoms with Crippen molar-refractivity contribution >= 4 is 6.03 Å². The van der Waals surface area contributed by atoms with Gasteiger partial charge in [-0.2, -0.15) is 0 Å². The van der Waals surface area contributed by atoms with E-state index in [-0.39, 0.29) is 18.1 Å². The highest BCUT2D eigenvalue weighted by atomic mass is 16.5. The largest absolute Gasteiger partial charge is 0.389 e. The van der Waals surface area contributed by atoms with Crippen LogP contribution in [0.3, 0.4) is 0 Å². The van der Waals surface area contributed by atoms with Gasteiger partial charge in [0, 0.05) is 31.3 Å². The Hall–Kier alpha value is -2.02.